The predicted octanol–water partition coefficient (Wildman–Crippen LogP) is 2.42. The lowest BCUT2D eigenvalue weighted by molar-refractivity contribution is -0.131. The van der Waals surface area contributed by atoms with E-state index in [4.69, 9.17) is 0 Å². The molecule has 0 radical (unpaired) electrons. The average Bonchev–Trinajstić information content (AvgIpc) is 2.58. The molecule has 1 fully saturated rings. The Morgan fingerprint density at radius 3 is 2.94 bits per heavy atom. The molecule has 0 bridgehead atoms. The van der Waals surface area contributed by atoms with Gasteiger partial charge in [-0.1, -0.05) is 12.5 Å². The number of carbonyl (C=O) groups excluding carboxylic acids is 1. The second kappa shape index (κ2) is 6.38. The van der Waals surface area contributed by atoms with Gasteiger partial charge in [-0.15, -0.1) is 0 Å². The molecule has 2 rings (SSSR count). The maximum absolute atomic E-state index is 11.9. The van der Waals surface area contributed by atoms with Crippen molar-refractivity contribution in [3.8, 4) is 0 Å². The number of hydrogen-bond acceptors (Lipinski definition) is 3. The fourth-order valence-electron chi connectivity index (χ4n) is 2.23. The van der Waals surface area contributed by atoms with E-state index in [1.807, 2.05) is 30.2 Å². The molecule has 0 unspecified atom stereocenters. The summed E-state index contributed by atoms with van der Waals surface area (Å²) in [6.07, 6.45) is 5.88. The Labute approximate surface area is 108 Å². The summed E-state index contributed by atoms with van der Waals surface area (Å²) in [5, 5.41) is 3.17. The number of anilines is 1. The van der Waals surface area contributed by atoms with E-state index in [-0.39, 0.29) is 5.91 Å². The Hall–Kier alpha value is -1.58. The van der Waals surface area contributed by atoms with Crippen LogP contribution in [0.25, 0.3) is 0 Å². The van der Waals surface area contributed by atoms with Gasteiger partial charge < -0.3 is 10.2 Å². The van der Waals surface area contributed by atoms with Crippen molar-refractivity contribution in [1.82, 2.24) is 9.88 Å². The van der Waals surface area contributed by atoms with Crippen LogP contribution in [0.4, 0.5) is 5.82 Å². The number of nitrogens with one attached hydrogen (secondary N) is 1. The van der Waals surface area contributed by atoms with Gasteiger partial charge in [-0.3, -0.25) is 4.79 Å². The molecule has 1 aliphatic heterocycles. The minimum atomic E-state index is 0.281. The zero-order chi connectivity index (χ0) is 12.8. The minimum Gasteiger partial charge on any atom is -0.370 e. The molecule has 1 aromatic heterocycles. The molecule has 1 N–H and O–H groups in total. The van der Waals surface area contributed by atoms with Gasteiger partial charge in [-0.2, -0.15) is 0 Å². The largest absolute Gasteiger partial charge is 0.370 e. The number of aromatic nitrogens is 1. The van der Waals surface area contributed by atoms with Gasteiger partial charge >= 0.3 is 0 Å². The highest BCUT2D eigenvalue weighted by atomic mass is 16.2. The van der Waals surface area contributed by atoms with Crippen LogP contribution in [0, 0.1) is 0 Å². The third kappa shape index (κ3) is 3.45. The number of nitrogens with zero attached hydrogens (tertiary/aromatic N) is 2. The molecular formula is C14H21N3O. The van der Waals surface area contributed by atoms with Crippen molar-refractivity contribution in [2.45, 2.75) is 39.2 Å². The molecule has 0 spiro atoms. The molecule has 98 valence electrons. The van der Waals surface area contributed by atoms with Gasteiger partial charge in [0.2, 0.25) is 5.91 Å². The van der Waals surface area contributed by atoms with Crippen molar-refractivity contribution in [2.75, 3.05) is 18.4 Å². The minimum absolute atomic E-state index is 0.281. The summed E-state index contributed by atoms with van der Waals surface area (Å²) in [4.78, 5) is 18.2. The van der Waals surface area contributed by atoms with Crippen molar-refractivity contribution in [3.05, 3.63) is 23.9 Å². The molecule has 0 atom stereocenters. The maximum Gasteiger partial charge on any atom is 0.222 e. The highest BCUT2D eigenvalue weighted by molar-refractivity contribution is 5.76. The Balaban J connectivity index is 1.97. The van der Waals surface area contributed by atoms with Gasteiger partial charge in [0, 0.05) is 32.3 Å². The van der Waals surface area contributed by atoms with Crippen LogP contribution in [-0.4, -0.2) is 28.9 Å². The van der Waals surface area contributed by atoms with Gasteiger partial charge in [0.15, 0.2) is 0 Å². The van der Waals surface area contributed by atoms with Gasteiger partial charge in [0.25, 0.3) is 0 Å². The zero-order valence-electron chi connectivity index (χ0n) is 11.0. The molecule has 4 heteroatoms. The first-order valence-corrected chi connectivity index (χ1v) is 6.76. The lowest BCUT2D eigenvalue weighted by atomic mass is 10.2. The Morgan fingerprint density at radius 2 is 2.22 bits per heavy atom. The van der Waals surface area contributed by atoms with E-state index in [0.717, 1.165) is 37.3 Å². The summed E-state index contributed by atoms with van der Waals surface area (Å²) in [6.45, 7) is 4.49. The third-order valence-corrected chi connectivity index (χ3v) is 3.23. The highest BCUT2D eigenvalue weighted by Gasteiger charge is 2.16. The first-order valence-electron chi connectivity index (χ1n) is 6.76. The Bertz CT molecular complexity index is 389. The standard InChI is InChI=1S/C14H21N3O/c1-2-15-13-8-7-12(10-16-13)11-17-9-5-3-4-6-14(17)18/h7-8,10H,2-6,9,11H2,1H3,(H,15,16). The molecule has 0 saturated carbocycles. The molecule has 1 aromatic rings. The van der Waals surface area contributed by atoms with Crippen molar-refractivity contribution in [3.63, 3.8) is 0 Å². The number of amides is 1. The van der Waals surface area contributed by atoms with Gasteiger partial charge in [-0.25, -0.2) is 4.98 Å². The number of pyridine rings is 1. The third-order valence-electron chi connectivity index (χ3n) is 3.23. The molecule has 2 heterocycles. The van der Waals surface area contributed by atoms with Crippen molar-refractivity contribution < 1.29 is 4.79 Å². The molecule has 1 amide bonds. The maximum atomic E-state index is 11.9. The van der Waals surface area contributed by atoms with E-state index in [9.17, 15) is 4.79 Å². The van der Waals surface area contributed by atoms with Crippen LogP contribution in [-0.2, 0) is 11.3 Å². The summed E-state index contributed by atoms with van der Waals surface area (Å²) >= 11 is 0. The molecule has 18 heavy (non-hydrogen) atoms. The van der Waals surface area contributed by atoms with Gasteiger partial charge in [0.1, 0.15) is 5.82 Å². The normalized spacial score (nSPS) is 16.5. The van der Waals surface area contributed by atoms with Crippen molar-refractivity contribution in [2.24, 2.45) is 0 Å². The van der Waals surface area contributed by atoms with E-state index in [1.165, 1.54) is 6.42 Å². The number of rotatable bonds is 4. The second-order valence-electron chi connectivity index (χ2n) is 4.71. The fraction of sp³-hybridized carbons (Fsp3) is 0.571. The fourth-order valence-corrected chi connectivity index (χ4v) is 2.23. The molecule has 1 aliphatic rings. The quantitative estimate of drug-likeness (QED) is 0.888. The van der Waals surface area contributed by atoms with Gasteiger partial charge in [0.05, 0.1) is 0 Å². The summed E-state index contributed by atoms with van der Waals surface area (Å²) < 4.78 is 0. The summed E-state index contributed by atoms with van der Waals surface area (Å²) in [6, 6.07) is 4.02. The molecule has 1 saturated heterocycles. The SMILES string of the molecule is CCNc1ccc(CN2CCCCCC2=O)cn1. The van der Waals surface area contributed by atoms with Crippen LogP contribution >= 0.6 is 0 Å². The van der Waals surface area contributed by atoms with Gasteiger partial charge in [-0.05, 0) is 31.4 Å². The van der Waals surface area contributed by atoms with Crippen LogP contribution in [0.3, 0.4) is 0 Å². The van der Waals surface area contributed by atoms with E-state index >= 15 is 0 Å². The summed E-state index contributed by atoms with van der Waals surface area (Å²) in [7, 11) is 0. The summed E-state index contributed by atoms with van der Waals surface area (Å²) in [5.74, 6) is 1.17. The smallest absolute Gasteiger partial charge is 0.222 e. The first-order chi connectivity index (χ1) is 8.79. The van der Waals surface area contributed by atoms with Crippen LogP contribution in [0.1, 0.15) is 38.2 Å². The van der Waals surface area contributed by atoms with Crippen molar-refractivity contribution >= 4 is 11.7 Å². The number of hydrogen-bond donors (Lipinski definition) is 1. The van der Waals surface area contributed by atoms with Crippen molar-refractivity contribution in [1.29, 1.82) is 0 Å². The Morgan fingerprint density at radius 1 is 1.33 bits per heavy atom. The number of likely N-dealkylation sites (tertiary alicyclic amines) is 1. The topological polar surface area (TPSA) is 45.2 Å². The first kappa shape index (κ1) is 12.9. The average molecular weight is 247 g/mol. The van der Waals surface area contributed by atoms with E-state index in [2.05, 4.69) is 10.3 Å². The Kier molecular flexibility index (Phi) is 4.56. The van der Waals surface area contributed by atoms with Crippen LogP contribution in [0.2, 0.25) is 0 Å². The predicted molar refractivity (Wildman–Crippen MR) is 72.3 cm³/mol. The zero-order valence-corrected chi connectivity index (χ0v) is 11.0. The van der Waals surface area contributed by atoms with Crippen LogP contribution in [0.15, 0.2) is 18.3 Å². The molecular weight excluding hydrogens is 226 g/mol. The second-order valence-corrected chi connectivity index (χ2v) is 4.71. The lowest BCUT2D eigenvalue weighted by Crippen LogP contribution is -2.29. The molecule has 0 aromatic carbocycles. The van der Waals surface area contributed by atoms with Crippen LogP contribution < -0.4 is 5.32 Å². The van der Waals surface area contributed by atoms with E-state index < -0.39 is 0 Å². The molecule has 0 aliphatic carbocycles. The summed E-state index contributed by atoms with van der Waals surface area (Å²) in [5.41, 5.74) is 1.10. The lowest BCUT2D eigenvalue weighted by Gasteiger charge is -2.20. The van der Waals surface area contributed by atoms with E-state index in [0.29, 0.717) is 13.0 Å². The number of carbonyl (C=O) groups is 1. The molecule has 4 nitrogen and oxygen atoms in total. The van der Waals surface area contributed by atoms with E-state index in [1.54, 1.807) is 0 Å². The van der Waals surface area contributed by atoms with Crippen LogP contribution in [0.5, 0.6) is 0 Å². The highest BCUT2D eigenvalue weighted by Crippen LogP contribution is 2.14. The monoisotopic (exact) mass is 247 g/mol.